The molecule has 1 aliphatic heterocycles. The minimum atomic E-state index is -0.745. The van der Waals surface area contributed by atoms with E-state index in [0.717, 1.165) is 23.6 Å². The molecule has 1 saturated carbocycles. The van der Waals surface area contributed by atoms with Gasteiger partial charge in [0.15, 0.2) is 0 Å². The number of carbonyl (C=O) groups is 3. The molecule has 1 aliphatic carbocycles. The molecule has 0 spiro atoms. The predicted octanol–water partition coefficient (Wildman–Crippen LogP) is 3.33. The molecule has 128 valence electrons. The number of benzene rings is 2. The molecule has 2 amide bonds. The highest BCUT2D eigenvalue weighted by molar-refractivity contribution is 6.23. The van der Waals surface area contributed by atoms with Crippen LogP contribution in [-0.2, 0) is 4.79 Å². The lowest BCUT2D eigenvalue weighted by molar-refractivity contribution is -0.143. The summed E-state index contributed by atoms with van der Waals surface area (Å²) in [6.07, 6.45) is 2.72. The minimum Gasteiger partial charge on any atom is -0.481 e. The first-order chi connectivity index (χ1) is 12.0. The van der Waals surface area contributed by atoms with Gasteiger partial charge in [-0.05, 0) is 54.5 Å². The van der Waals surface area contributed by atoms with E-state index in [0.29, 0.717) is 30.5 Å². The molecular weight excluding hydrogens is 318 g/mol. The monoisotopic (exact) mass is 337 g/mol. The van der Waals surface area contributed by atoms with E-state index in [9.17, 15) is 14.4 Å². The van der Waals surface area contributed by atoms with Crippen molar-refractivity contribution in [2.24, 2.45) is 11.8 Å². The highest BCUT2D eigenvalue weighted by atomic mass is 16.4. The molecule has 1 N–H and O–H groups in total. The van der Waals surface area contributed by atoms with Crippen LogP contribution in [0.2, 0.25) is 0 Å². The normalized spacial score (nSPS) is 23.1. The second kappa shape index (κ2) is 5.99. The van der Waals surface area contributed by atoms with Crippen LogP contribution in [0.5, 0.6) is 0 Å². The number of nitrogens with zero attached hydrogens (tertiary/aromatic N) is 1. The molecule has 0 aromatic heterocycles. The first kappa shape index (κ1) is 15.8. The number of imide groups is 1. The van der Waals surface area contributed by atoms with E-state index in [4.69, 9.17) is 5.11 Å². The van der Waals surface area contributed by atoms with Gasteiger partial charge in [-0.25, -0.2) is 0 Å². The fourth-order valence-corrected chi connectivity index (χ4v) is 3.99. The first-order valence-corrected chi connectivity index (χ1v) is 8.66. The molecule has 1 heterocycles. The Labute approximate surface area is 145 Å². The SMILES string of the molecule is O=C(O)C1CCC(CN2C(=O)c3cc4ccccc4cc3C2=O)CC1. The summed E-state index contributed by atoms with van der Waals surface area (Å²) in [7, 11) is 0. The van der Waals surface area contributed by atoms with Crippen LogP contribution in [0.3, 0.4) is 0 Å². The lowest BCUT2D eigenvalue weighted by Crippen LogP contribution is -2.36. The summed E-state index contributed by atoms with van der Waals surface area (Å²) in [5, 5.41) is 11.0. The van der Waals surface area contributed by atoms with Crippen molar-refractivity contribution in [2.45, 2.75) is 25.7 Å². The fraction of sp³-hybridized carbons (Fsp3) is 0.350. The van der Waals surface area contributed by atoms with Gasteiger partial charge in [-0.1, -0.05) is 24.3 Å². The summed E-state index contributed by atoms with van der Waals surface area (Å²) in [5.74, 6) is -1.31. The third-order valence-electron chi connectivity index (χ3n) is 5.47. The fourth-order valence-electron chi connectivity index (χ4n) is 3.99. The average Bonchev–Trinajstić information content (AvgIpc) is 2.85. The summed E-state index contributed by atoms with van der Waals surface area (Å²) in [6.45, 7) is 0.384. The smallest absolute Gasteiger partial charge is 0.306 e. The van der Waals surface area contributed by atoms with Gasteiger partial charge in [-0.3, -0.25) is 19.3 Å². The second-order valence-corrected chi connectivity index (χ2v) is 7.02. The van der Waals surface area contributed by atoms with Crippen molar-refractivity contribution in [3.05, 3.63) is 47.5 Å². The molecule has 2 aromatic carbocycles. The number of carboxylic acid groups (broad SMARTS) is 1. The van der Waals surface area contributed by atoms with Gasteiger partial charge in [-0.2, -0.15) is 0 Å². The van der Waals surface area contributed by atoms with Crippen LogP contribution < -0.4 is 0 Å². The Balaban J connectivity index is 1.54. The van der Waals surface area contributed by atoms with Crippen molar-refractivity contribution < 1.29 is 19.5 Å². The van der Waals surface area contributed by atoms with Gasteiger partial charge < -0.3 is 5.11 Å². The van der Waals surface area contributed by atoms with E-state index in [2.05, 4.69) is 0 Å². The zero-order valence-corrected chi connectivity index (χ0v) is 13.8. The number of fused-ring (bicyclic) bond motifs is 2. The molecule has 0 radical (unpaired) electrons. The van der Waals surface area contributed by atoms with Crippen LogP contribution >= 0.6 is 0 Å². The highest BCUT2D eigenvalue weighted by Crippen LogP contribution is 2.33. The number of hydrogen-bond acceptors (Lipinski definition) is 3. The summed E-state index contributed by atoms with van der Waals surface area (Å²) in [4.78, 5) is 37.8. The van der Waals surface area contributed by atoms with Crippen LogP contribution in [-0.4, -0.2) is 34.3 Å². The van der Waals surface area contributed by atoms with Crippen molar-refractivity contribution in [1.82, 2.24) is 4.90 Å². The summed E-state index contributed by atoms with van der Waals surface area (Å²) < 4.78 is 0. The summed E-state index contributed by atoms with van der Waals surface area (Å²) in [6, 6.07) is 11.3. The maximum absolute atomic E-state index is 12.7. The van der Waals surface area contributed by atoms with E-state index in [1.807, 2.05) is 24.3 Å². The van der Waals surface area contributed by atoms with Crippen LogP contribution in [0.25, 0.3) is 10.8 Å². The van der Waals surface area contributed by atoms with Crippen molar-refractivity contribution in [2.75, 3.05) is 6.54 Å². The van der Waals surface area contributed by atoms with E-state index >= 15 is 0 Å². The highest BCUT2D eigenvalue weighted by Gasteiger charge is 2.38. The molecule has 25 heavy (non-hydrogen) atoms. The number of rotatable bonds is 3. The molecular formula is C20H19NO4. The van der Waals surface area contributed by atoms with E-state index in [1.165, 1.54) is 4.90 Å². The Hall–Kier alpha value is -2.69. The van der Waals surface area contributed by atoms with Crippen LogP contribution in [0.4, 0.5) is 0 Å². The zero-order chi connectivity index (χ0) is 17.6. The Bertz CT molecular complexity index is 826. The van der Waals surface area contributed by atoms with Crippen LogP contribution in [0.1, 0.15) is 46.4 Å². The maximum atomic E-state index is 12.7. The molecule has 0 bridgehead atoms. The van der Waals surface area contributed by atoms with E-state index in [1.54, 1.807) is 12.1 Å². The largest absolute Gasteiger partial charge is 0.481 e. The maximum Gasteiger partial charge on any atom is 0.306 e. The standard InChI is InChI=1S/C20H19NO4/c22-18-16-9-14-3-1-2-4-15(14)10-17(16)19(23)21(18)11-12-5-7-13(8-6-12)20(24)25/h1-4,9-10,12-13H,5-8,11H2,(H,24,25). The number of amides is 2. The quantitative estimate of drug-likeness (QED) is 0.872. The zero-order valence-electron chi connectivity index (χ0n) is 13.8. The molecule has 5 heteroatoms. The summed E-state index contributed by atoms with van der Waals surface area (Å²) in [5.41, 5.74) is 0.950. The Morgan fingerprint density at radius 2 is 1.48 bits per heavy atom. The number of carboxylic acids is 1. The van der Waals surface area contributed by atoms with Gasteiger partial charge >= 0.3 is 5.97 Å². The van der Waals surface area contributed by atoms with E-state index in [-0.39, 0.29) is 23.7 Å². The molecule has 2 aliphatic rings. The molecule has 5 nitrogen and oxygen atoms in total. The van der Waals surface area contributed by atoms with Crippen LogP contribution in [0, 0.1) is 11.8 Å². The third-order valence-corrected chi connectivity index (χ3v) is 5.47. The van der Waals surface area contributed by atoms with Gasteiger partial charge in [0.25, 0.3) is 11.8 Å². The number of aliphatic carboxylic acids is 1. The van der Waals surface area contributed by atoms with Crippen molar-refractivity contribution in [3.8, 4) is 0 Å². The molecule has 0 saturated heterocycles. The third kappa shape index (κ3) is 2.69. The summed E-state index contributed by atoms with van der Waals surface area (Å²) >= 11 is 0. The molecule has 0 atom stereocenters. The Morgan fingerprint density at radius 3 is 1.96 bits per heavy atom. The van der Waals surface area contributed by atoms with Crippen LogP contribution in [0.15, 0.2) is 36.4 Å². The molecule has 0 unspecified atom stereocenters. The molecule has 2 aromatic rings. The lowest BCUT2D eigenvalue weighted by Gasteiger charge is -2.28. The molecule has 1 fully saturated rings. The second-order valence-electron chi connectivity index (χ2n) is 7.02. The minimum absolute atomic E-state index is 0.187. The van der Waals surface area contributed by atoms with Gasteiger partial charge in [0, 0.05) is 6.54 Å². The van der Waals surface area contributed by atoms with Gasteiger partial charge in [0.05, 0.1) is 17.0 Å². The average molecular weight is 337 g/mol. The number of hydrogen-bond donors (Lipinski definition) is 1. The molecule has 4 rings (SSSR count). The van der Waals surface area contributed by atoms with Gasteiger partial charge in [-0.15, -0.1) is 0 Å². The predicted molar refractivity (Wildman–Crippen MR) is 92.4 cm³/mol. The number of carbonyl (C=O) groups excluding carboxylic acids is 2. The van der Waals surface area contributed by atoms with Gasteiger partial charge in [0.2, 0.25) is 0 Å². The Morgan fingerprint density at radius 1 is 0.960 bits per heavy atom. The topological polar surface area (TPSA) is 74.7 Å². The van der Waals surface area contributed by atoms with Gasteiger partial charge in [0.1, 0.15) is 0 Å². The first-order valence-electron chi connectivity index (χ1n) is 8.66. The van der Waals surface area contributed by atoms with Crippen molar-refractivity contribution in [3.63, 3.8) is 0 Å². The van der Waals surface area contributed by atoms with E-state index < -0.39 is 5.97 Å². The lowest BCUT2D eigenvalue weighted by atomic mass is 9.82. The van der Waals surface area contributed by atoms with Crippen molar-refractivity contribution >= 4 is 28.6 Å². The van der Waals surface area contributed by atoms with Crippen molar-refractivity contribution in [1.29, 1.82) is 0 Å². The Kier molecular flexibility index (Phi) is 3.79.